The molecule has 0 spiro atoms. The summed E-state index contributed by atoms with van der Waals surface area (Å²) in [5.74, 6) is 2.02. The molecule has 0 aliphatic heterocycles. The van der Waals surface area contributed by atoms with Crippen LogP contribution in [0.2, 0.25) is 0 Å². The van der Waals surface area contributed by atoms with E-state index in [4.69, 9.17) is 9.47 Å². The van der Waals surface area contributed by atoms with Crippen LogP contribution in [-0.4, -0.2) is 27.3 Å². The van der Waals surface area contributed by atoms with Gasteiger partial charge < -0.3 is 14.8 Å². The predicted octanol–water partition coefficient (Wildman–Crippen LogP) is 2.72. The standard InChI is InChI=1S/C18H21N5O2/c1-13-4-6-14(7-5-13)12-25-16-9-8-15(10-17(16)24-3)11-19-18-20-21-22-23(18)2/h4-10H,11-12H2,1-3H3,(H,19,20,22). The van der Waals surface area contributed by atoms with E-state index in [9.17, 15) is 0 Å². The average Bonchev–Trinajstić information content (AvgIpc) is 3.04. The van der Waals surface area contributed by atoms with Crippen molar-refractivity contribution in [1.82, 2.24) is 20.2 Å². The fourth-order valence-electron chi connectivity index (χ4n) is 2.35. The summed E-state index contributed by atoms with van der Waals surface area (Å²) in [5, 5.41) is 14.4. The van der Waals surface area contributed by atoms with Crippen LogP contribution in [0.4, 0.5) is 5.95 Å². The van der Waals surface area contributed by atoms with E-state index in [2.05, 4.69) is 52.0 Å². The van der Waals surface area contributed by atoms with Gasteiger partial charge in [-0.15, -0.1) is 0 Å². The molecule has 0 fully saturated rings. The van der Waals surface area contributed by atoms with Crippen molar-refractivity contribution >= 4 is 5.95 Å². The summed E-state index contributed by atoms with van der Waals surface area (Å²) < 4.78 is 12.9. The fourth-order valence-corrected chi connectivity index (χ4v) is 2.35. The van der Waals surface area contributed by atoms with Crippen LogP contribution < -0.4 is 14.8 Å². The SMILES string of the molecule is COc1cc(CNc2nnnn2C)ccc1OCc1ccc(C)cc1. The van der Waals surface area contributed by atoms with E-state index in [0.717, 1.165) is 11.1 Å². The molecule has 0 aliphatic carbocycles. The molecule has 0 bridgehead atoms. The number of benzene rings is 2. The summed E-state index contributed by atoms with van der Waals surface area (Å²) in [6, 6.07) is 14.1. The quantitative estimate of drug-likeness (QED) is 0.713. The maximum Gasteiger partial charge on any atom is 0.242 e. The van der Waals surface area contributed by atoms with E-state index < -0.39 is 0 Å². The molecule has 0 radical (unpaired) electrons. The summed E-state index contributed by atoms with van der Waals surface area (Å²) in [7, 11) is 3.42. The molecular formula is C18H21N5O2. The Morgan fingerprint density at radius 3 is 2.48 bits per heavy atom. The highest BCUT2D eigenvalue weighted by Crippen LogP contribution is 2.29. The highest BCUT2D eigenvalue weighted by atomic mass is 16.5. The maximum atomic E-state index is 5.90. The minimum Gasteiger partial charge on any atom is -0.493 e. The summed E-state index contributed by atoms with van der Waals surface area (Å²) in [6.45, 7) is 3.15. The highest BCUT2D eigenvalue weighted by molar-refractivity contribution is 5.44. The molecule has 0 saturated carbocycles. The smallest absolute Gasteiger partial charge is 0.242 e. The van der Waals surface area contributed by atoms with Crippen LogP contribution in [0.25, 0.3) is 0 Å². The van der Waals surface area contributed by atoms with Gasteiger partial charge >= 0.3 is 0 Å². The third-order valence-electron chi connectivity index (χ3n) is 3.81. The molecule has 3 rings (SSSR count). The second-order valence-electron chi connectivity index (χ2n) is 5.74. The highest BCUT2D eigenvalue weighted by Gasteiger charge is 2.08. The predicted molar refractivity (Wildman–Crippen MR) is 94.6 cm³/mol. The lowest BCUT2D eigenvalue weighted by Gasteiger charge is -2.13. The summed E-state index contributed by atoms with van der Waals surface area (Å²) in [4.78, 5) is 0. The van der Waals surface area contributed by atoms with E-state index in [1.54, 1.807) is 18.8 Å². The van der Waals surface area contributed by atoms with Crippen molar-refractivity contribution in [3.8, 4) is 11.5 Å². The van der Waals surface area contributed by atoms with Gasteiger partial charge in [0.2, 0.25) is 5.95 Å². The van der Waals surface area contributed by atoms with Gasteiger partial charge in [0, 0.05) is 13.6 Å². The lowest BCUT2D eigenvalue weighted by Crippen LogP contribution is -2.06. The molecule has 0 saturated heterocycles. The van der Waals surface area contributed by atoms with Crippen LogP contribution in [0, 0.1) is 6.92 Å². The molecule has 7 heteroatoms. The van der Waals surface area contributed by atoms with Gasteiger partial charge in [0.05, 0.1) is 7.11 Å². The van der Waals surface area contributed by atoms with Crippen LogP contribution >= 0.6 is 0 Å². The molecule has 3 aromatic rings. The molecule has 0 aliphatic rings. The summed E-state index contributed by atoms with van der Waals surface area (Å²) >= 11 is 0. The summed E-state index contributed by atoms with van der Waals surface area (Å²) in [5.41, 5.74) is 3.40. The van der Waals surface area contributed by atoms with Crippen LogP contribution in [0.15, 0.2) is 42.5 Å². The zero-order valence-electron chi connectivity index (χ0n) is 14.6. The molecule has 25 heavy (non-hydrogen) atoms. The maximum absolute atomic E-state index is 5.90. The first kappa shape index (κ1) is 16.8. The zero-order chi connectivity index (χ0) is 17.6. The van der Waals surface area contributed by atoms with Gasteiger partial charge in [-0.3, -0.25) is 0 Å². The minimum atomic E-state index is 0.499. The van der Waals surface area contributed by atoms with Crippen molar-refractivity contribution in [3.63, 3.8) is 0 Å². The number of nitrogens with zero attached hydrogens (tertiary/aromatic N) is 4. The van der Waals surface area contributed by atoms with Gasteiger partial charge in [-0.05, 0) is 40.6 Å². The number of aromatic nitrogens is 4. The van der Waals surface area contributed by atoms with Crippen molar-refractivity contribution in [2.24, 2.45) is 7.05 Å². The Hall–Kier alpha value is -3.09. The van der Waals surface area contributed by atoms with Crippen molar-refractivity contribution in [3.05, 3.63) is 59.2 Å². The van der Waals surface area contributed by atoms with Gasteiger partial charge in [0.1, 0.15) is 6.61 Å². The monoisotopic (exact) mass is 339 g/mol. The largest absolute Gasteiger partial charge is 0.493 e. The number of tetrazole rings is 1. The fraction of sp³-hybridized carbons (Fsp3) is 0.278. The molecule has 1 heterocycles. The van der Waals surface area contributed by atoms with Crippen molar-refractivity contribution in [2.75, 3.05) is 12.4 Å². The van der Waals surface area contributed by atoms with Gasteiger partial charge in [-0.1, -0.05) is 41.0 Å². The van der Waals surface area contributed by atoms with Crippen molar-refractivity contribution < 1.29 is 9.47 Å². The van der Waals surface area contributed by atoms with Gasteiger partial charge in [-0.2, -0.15) is 0 Å². The molecule has 1 aromatic heterocycles. The lowest BCUT2D eigenvalue weighted by molar-refractivity contribution is 0.284. The Kier molecular flexibility index (Phi) is 5.13. The molecule has 7 nitrogen and oxygen atoms in total. The molecule has 0 unspecified atom stereocenters. The average molecular weight is 339 g/mol. The van der Waals surface area contributed by atoms with Gasteiger partial charge in [0.15, 0.2) is 11.5 Å². The van der Waals surface area contributed by atoms with Crippen molar-refractivity contribution in [1.29, 1.82) is 0 Å². The van der Waals surface area contributed by atoms with Crippen LogP contribution in [0.3, 0.4) is 0 Å². The number of ether oxygens (including phenoxy) is 2. The number of hydrogen-bond acceptors (Lipinski definition) is 6. The topological polar surface area (TPSA) is 74.1 Å². The van der Waals surface area contributed by atoms with E-state index in [1.165, 1.54) is 5.56 Å². The molecule has 130 valence electrons. The van der Waals surface area contributed by atoms with Gasteiger partial charge in [-0.25, -0.2) is 4.68 Å². The number of aryl methyl sites for hydroxylation is 2. The van der Waals surface area contributed by atoms with Crippen LogP contribution in [0.5, 0.6) is 11.5 Å². The number of methoxy groups -OCH3 is 1. The minimum absolute atomic E-state index is 0.499. The van der Waals surface area contributed by atoms with E-state index in [0.29, 0.717) is 30.6 Å². The lowest BCUT2D eigenvalue weighted by atomic mass is 10.1. The molecular weight excluding hydrogens is 318 g/mol. The van der Waals surface area contributed by atoms with E-state index >= 15 is 0 Å². The second kappa shape index (κ2) is 7.65. The molecule has 0 atom stereocenters. The third kappa shape index (κ3) is 4.26. The van der Waals surface area contributed by atoms with Crippen molar-refractivity contribution in [2.45, 2.75) is 20.1 Å². The zero-order valence-corrected chi connectivity index (χ0v) is 14.6. The number of anilines is 1. The normalized spacial score (nSPS) is 10.5. The number of rotatable bonds is 7. The first-order valence-electron chi connectivity index (χ1n) is 7.97. The van der Waals surface area contributed by atoms with E-state index in [-0.39, 0.29) is 0 Å². The van der Waals surface area contributed by atoms with E-state index in [1.807, 2.05) is 18.2 Å². The Bertz CT molecular complexity index is 830. The first-order chi connectivity index (χ1) is 12.2. The molecule has 0 amide bonds. The molecule has 2 aromatic carbocycles. The molecule has 1 N–H and O–H groups in total. The van der Waals surface area contributed by atoms with Crippen LogP contribution in [0.1, 0.15) is 16.7 Å². The number of nitrogens with one attached hydrogen (secondary N) is 1. The van der Waals surface area contributed by atoms with Gasteiger partial charge in [0.25, 0.3) is 0 Å². The van der Waals surface area contributed by atoms with Crippen LogP contribution in [-0.2, 0) is 20.2 Å². The Labute approximate surface area is 146 Å². The Morgan fingerprint density at radius 2 is 1.80 bits per heavy atom. The first-order valence-corrected chi connectivity index (χ1v) is 7.97. The summed E-state index contributed by atoms with van der Waals surface area (Å²) in [6.07, 6.45) is 0. The Morgan fingerprint density at radius 1 is 1.04 bits per heavy atom. The number of hydrogen-bond donors (Lipinski definition) is 1. The Balaban J connectivity index is 1.64. The third-order valence-corrected chi connectivity index (χ3v) is 3.81. The second-order valence-corrected chi connectivity index (χ2v) is 5.74.